The van der Waals surface area contributed by atoms with Gasteiger partial charge in [0.25, 0.3) is 0 Å². The van der Waals surface area contributed by atoms with Crippen molar-refractivity contribution in [3.05, 3.63) is 59.7 Å². The van der Waals surface area contributed by atoms with Gasteiger partial charge in [-0.15, -0.1) is 0 Å². The fourth-order valence-electron chi connectivity index (χ4n) is 4.05. The highest BCUT2D eigenvalue weighted by Gasteiger charge is 2.42. The summed E-state index contributed by atoms with van der Waals surface area (Å²) >= 11 is 0. The largest absolute Gasteiger partial charge is 0.487 e. The van der Waals surface area contributed by atoms with Crippen molar-refractivity contribution in [2.75, 3.05) is 25.0 Å². The van der Waals surface area contributed by atoms with E-state index in [2.05, 4.69) is 10.2 Å². The van der Waals surface area contributed by atoms with Crippen molar-refractivity contribution in [2.45, 2.75) is 37.9 Å². The molecule has 0 aliphatic carbocycles. The number of benzene rings is 2. The number of aryl methyl sites for hydroxylation is 1. The molecule has 0 radical (unpaired) electrons. The molecule has 0 aromatic heterocycles. The first-order valence-electron chi connectivity index (χ1n) is 9.58. The number of amides is 1. The van der Waals surface area contributed by atoms with Gasteiger partial charge in [0.1, 0.15) is 11.4 Å². The number of anilines is 1. The van der Waals surface area contributed by atoms with E-state index in [1.165, 1.54) is 5.56 Å². The summed E-state index contributed by atoms with van der Waals surface area (Å²) in [5, 5.41) is 13.5. The predicted octanol–water partition coefficient (Wildman–Crippen LogP) is 3.28. The summed E-state index contributed by atoms with van der Waals surface area (Å²) in [6, 6.07) is 15.6. The Kier molecular flexibility index (Phi) is 4.89. The van der Waals surface area contributed by atoms with Gasteiger partial charge in [-0.05, 0) is 38.0 Å². The van der Waals surface area contributed by atoms with Crippen LogP contribution >= 0.6 is 0 Å². The third-order valence-corrected chi connectivity index (χ3v) is 5.64. The number of para-hydroxylation sites is 1. The van der Waals surface area contributed by atoms with E-state index in [-0.39, 0.29) is 11.5 Å². The minimum atomic E-state index is -0.480. The topological polar surface area (TPSA) is 61.8 Å². The first kappa shape index (κ1) is 18.0. The van der Waals surface area contributed by atoms with Gasteiger partial charge in [-0.25, -0.2) is 0 Å². The number of rotatable bonds is 3. The highest BCUT2D eigenvalue weighted by molar-refractivity contribution is 5.92. The Morgan fingerprint density at radius 2 is 1.89 bits per heavy atom. The zero-order valence-corrected chi connectivity index (χ0v) is 15.6. The molecule has 5 nitrogen and oxygen atoms in total. The maximum atomic E-state index is 12.3. The van der Waals surface area contributed by atoms with Crippen LogP contribution in [-0.2, 0) is 4.79 Å². The molecule has 0 saturated carbocycles. The van der Waals surface area contributed by atoms with Gasteiger partial charge >= 0.3 is 0 Å². The summed E-state index contributed by atoms with van der Waals surface area (Å²) < 4.78 is 6.30. The first-order chi connectivity index (χ1) is 13.0. The van der Waals surface area contributed by atoms with E-state index in [9.17, 15) is 9.90 Å². The average molecular weight is 366 g/mol. The number of likely N-dealkylation sites (tertiary alicyclic amines) is 1. The molecular weight excluding hydrogens is 340 g/mol. The van der Waals surface area contributed by atoms with Crippen LogP contribution in [0.1, 0.15) is 36.5 Å². The quantitative estimate of drug-likeness (QED) is 0.875. The van der Waals surface area contributed by atoms with Crippen LogP contribution in [0.5, 0.6) is 5.75 Å². The highest BCUT2D eigenvalue weighted by atomic mass is 16.5. The van der Waals surface area contributed by atoms with Crippen LogP contribution < -0.4 is 10.1 Å². The highest BCUT2D eigenvalue weighted by Crippen LogP contribution is 2.43. The van der Waals surface area contributed by atoms with Gasteiger partial charge in [-0.1, -0.05) is 35.9 Å². The number of hydrogen-bond donors (Lipinski definition) is 2. The summed E-state index contributed by atoms with van der Waals surface area (Å²) in [4.78, 5) is 14.5. The maximum Gasteiger partial charge on any atom is 0.238 e. The van der Waals surface area contributed by atoms with E-state index in [0.29, 0.717) is 13.0 Å². The van der Waals surface area contributed by atoms with Gasteiger partial charge in [0, 0.05) is 30.8 Å². The van der Waals surface area contributed by atoms with Crippen molar-refractivity contribution in [3.63, 3.8) is 0 Å². The number of hydrogen-bond acceptors (Lipinski definition) is 4. The molecule has 1 atom stereocenters. The van der Waals surface area contributed by atoms with E-state index in [1.807, 2.05) is 55.5 Å². The molecular formula is C22H26N2O3. The van der Waals surface area contributed by atoms with Crippen molar-refractivity contribution in [3.8, 4) is 5.75 Å². The van der Waals surface area contributed by atoms with E-state index in [1.54, 1.807) is 0 Å². The van der Waals surface area contributed by atoms with Crippen molar-refractivity contribution in [1.29, 1.82) is 0 Å². The lowest BCUT2D eigenvalue weighted by Crippen LogP contribution is -2.51. The van der Waals surface area contributed by atoms with Gasteiger partial charge in [0.05, 0.1) is 12.6 Å². The van der Waals surface area contributed by atoms with Crippen molar-refractivity contribution in [1.82, 2.24) is 4.90 Å². The Morgan fingerprint density at radius 3 is 2.63 bits per heavy atom. The standard InChI is InChI=1S/C22H26N2O3/c1-16-6-8-17(9-7-16)23-21(26)15-24-12-10-22(11-13-24)14-19(25)18-4-2-3-5-20(18)27-22/h2-9,19,25H,10-15H2,1H3,(H,23,26)/t19-/m0/s1. The number of ether oxygens (including phenoxy) is 1. The minimum absolute atomic E-state index is 0.00439. The lowest BCUT2D eigenvalue weighted by atomic mass is 9.81. The van der Waals surface area contributed by atoms with Gasteiger partial charge < -0.3 is 15.2 Å². The molecule has 4 rings (SSSR count). The molecule has 27 heavy (non-hydrogen) atoms. The molecule has 2 heterocycles. The smallest absolute Gasteiger partial charge is 0.238 e. The Morgan fingerprint density at radius 1 is 1.19 bits per heavy atom. The SMILES string of the molecule is Cc1ccc(NC(=O)CN2CCC3(CC2)C[C@H](O)c2ccccc2O3)cc1. The van der Waals surface area contributed by atoms with Crippen molar-refractivity contribution < 1.29 is 14.6 Å². The Labute approximate surface area is 160 Å². The number of aliphatic hydroxyl groups excluding tert-OH is 1. The minimum Gasteiger partial charge on any atom is -0.487 e. The number of nitrogens with one attached hydrogen (secondary N) is 1. The third-order valence-electron chi connectivity index (χ3n) is 5.64. The lowest BCUT2D eigenvalue weighted by Gasteiger charge is -2.45. The monoisotopic (exact) mass is 366 g/mol. The molecule has 1 saturated heterocycles. The fraction of sp³-hybridized carbons (Fsp3) is 0.409. The summed E-state index contributed by atoms with van der Waals surface area (Å²) in [6.07, 6.45) is 1.77. The van der Waals surface area contributed by atoms with Crippen molar-refractivity contribution in [2.24, 2.45) is 0 Å². The summed E-state index contributed by atoms with van der Waals surface area (Å²) in [6.45, 7) is 3.98. The second kappa shape index (κ2) is 7.33. The van der Waals surface area contributed by atoms with Gasteiger partial charge in [-0.3, -0.25) is 9.69 Å². The summed E-state index contributed by atoms with van der Waals surface area (Å²) in [5.41, 5.74) is 2.56. The maximum absolute atomic E-state index is 12.3. The Hall–Kier alpha value is -2.37. The third kappa shape index (κ3) is 3.99. The molecule has 1 fully saturated rings. The predicted molar refractivity (Wildman–Crippen MR) is 105 cm³/mol. The molecule has 2 N–H and O–H groups in total. The molecule has 2 aromatic carbocycles. The molecule has 2 aliphatic rings. The second-order valence-electron chi connectivity index (χ2n) is 7.73. The number of carbonyl (C=O) groups is 1. The number of fused-ring (bicyclic) bond motifs is 1. The lowest BCUT2D eigenvalue weighted by molar-refractivity contribution is -0.119. The number of nitrogens with zero attached hydrogens (tertiary/aromatic N) is 1. The summed E-state index contributed by atoms with van der Waals surface area (Å²) in [7, 11) is 0. The van der Waals surface area contributed by atoms with Crippen LogP contribution in [0.3, 0.4) is 0 Å². The number of carbonyl (C=O) groups excluding carboxylic acids is 1. The normalized spacial score (nSPS) is 21.3. The van der Waals surface area contributed by atoms with E-state index in [4.69, 9.17) is 4.74 Å². The molecule has 2 aromatic rings. The molecule has 0 unspecified atom stereocenters. The van der Waals surface area contributed by atoms with Gasteiger partial charge in [0.15, 0.2) is 0 Å². The molecule has 142 valence electrons. The van der Waals surface area contributed by atoms with E-state index >= 15 is 0 Å². The molecule has 1 spiro atoms. The number of aliphatic hydroxyl groups is 1. The average Bonchev–Trinajstić information content (AvgIpc) is 2.66. The van der Waals surface area contributed by atoms with E-state index < -0.39 is 6.10 Å². The van der Waals surface area contributed by atoms with Crippen molar-refractivity contribution >= 4 is 11.6 Å². The van der Waals surface area contributed by atoms with Gasteiger partial charge in [0.2, 0.25) is 5.91 Å². The Balaban J connectivity index is 1.33. The fourth-order valence-corrected chi connectivity index (χ4v) is 4.05. The van der Waals surface area contributed by atoms with Crippen LogP contribution in [0.25, 0.3) is 0 Å². The van der Waals surface area contributed by atoms with Crippen LogP contribution in [-0.4, -0.2) is 41.1 Å². The van der Waals surface area contributed by atoms with Gasteiger partial charge in [-0.2, -0.15) is 0 Å². The molecule has 0 bridgehead atoms. The van der Waals surface area contributed by atoms with Crippen LogP contribution in [0.2, 0.25) is 0 Å². The van der Waals surface area contributed by atoms with Crippen LogP contribution in [0.4, 0.5) is 5.69 Å². The second-order valence-corrected chi connectivity index (χ2v) is 7.73. The molecule has 1 amide bonds. The molecule has 5 heteroatoms. The zero-order valence-electron chi connectivity index (χ0n) is 15.6. The van der Waals surface area contributed by atoms with Crippen LogP contribution in [0, 0.1) is 6.92 Å². The summed E-state index contributed by atoms with van der Waals surface area (Å²) in [5.74, 6) is 0.798. The first-order valence-corrected chi connectivity index (χ1v) is 9.58. The Bertz CT molecular complexity index is 811. The zero-order chi connectivity index (χ0) is 18.9. The number of piperidine rings is 1. The van der Waals surface area contributed by atoms with Crippen LogP contribution in [0.15, 0.2) is 48.5 Å². The molecule has 2 aliphatic heterocycles. The van der Waals surface area contributed by atoms with E-state index in [0.717, 1.165) is 42.9 Å².